The van der Waals surface area contributed by atoms with Gasteiger partial charge in [0.2, 0.25) is 0 Å². The Morgan fingerprint density at radius 2 is 0.703 bits per heavy atom. The van der Waals surface area contributed by atoms with E-state index in [0.29, 0.717) is 26.4 Å². The van der Waals surface area contributed by atoms with Crippen molar-refractivity contribution in [2.24, 2.45) is 0 Å². The minimum absolute atomic E-state index is 0.562. The Hall–Kier alpha value is -5.64. The first kappa shape index (κ1) is 46.4. The number of piperidine rings is 2. The highest BCUT2D eigenvalue weighted by Crippen LogP contribution is 2.28. The lowest BCUT2D eigenvalue weighted by atomic mass is 9.85. The summed E-state index contributed by atoms with van der Waals surface area (Å²) in [5.41, 5.74) is 6.05. The fourth-order valence-electron chi connectivity index (χ4n) is 8.24. The summed E-state index contributed by atoms with van der Waals surface area (Å²) in [5.74, 6) is 3.38. The average molecular weight is 863 g/mol. The van der Waals surface area contributed by atoms with Crippen molar-refractivity contribution in [1.29, 1.82) is 0 Å². The maximum Gasteiger partial charge on any atom is 0.120 e. The topological polar surface area (TPSA) is 83.9 Å². The Bertz CT molecular complexity index is 2050. The van der Waals surface area contributed by atoms with Crippen molar-refractivity contribution in [1.82, 2.24) is 9.80 Å². The van der Waals surface area contributed by atoms with Gasteiger partial charge in [0, 0.05) is 52.1 Å². The van der Waals surface area contributed by atoms with E-state index < -0.39 is 11.2 Å². The van der Waals surface area contributed by atoms with Gasteiger partial charge in [0.25, 0.3) is 0 Å². The van der Waals surface area contributed by atoms with Crippen LogP contribution >= 0.6 is 0 Å². The van der Waals surface area contributed by atoms with E-state index in [9.17, 15) is 10.2 Å². The summed E-state index contributed by atoms with van der Waals surface area (Å²) in [6.07, 6.45) is 4.66. The number of hydrogen-bond acceptors (Lipinski definition) is 8. The van der Waals surface area contributed by atoms with Gasteiger partial charge in [-0.05, 0) is 110 Å². The maximum atomic E-state index is 11.0. The van der Waals surface area contributed by atoms with Gasteiger partial charge in [-0.25, -0.2) is 0 Å². The third kappa shape index (κ3) is 15.3. The summed E-state index contributed by atoms with van der Waals surface area (Å²) < 4.78 is 23.5. The lowest BCUT2D eigenvalue weighted by molar-refractivity contribution is -0.0229. The second kappa shape index (κ2) is 23.3. The molecule has 8 rings (SSSR count). The fraction of sp³-hybridized carbons (Fsp3) is 0.357. The molecule has 0 amide bonds. The van der Waals surface area contributed by atoms with Crippen LogP contribution in [-0.2, 0) is 26.1 Å². The number of ether oxygens (including phenoxy) is 4. The molecule has 2 aliphatic heterocycles. The Balaban J connectivity index is 0.000000191. The molecule has 0 unspecified atom stereocenters. The quantitative estimate of drug-likeness (QED) is 0.0885. The van der Waals surface area contributed by atoms with Crippen molar-refractivity contribution in [3.8, 4) is 23.0 Å². The molecule has 8 heteroatoms. The molecule has 0 radical (unpaired) electrons. The van der Waals surface area contributed by atoms with Crippen LogP contribution in [0, 0.1) is 13.8 Å². The first-order valence-corrected chi connectivity index (χ1v) is 23.0. The Labute approximate surface area is 381 Å². The van der Waals surface area contributed by atoms with Gasteiger partial charge in [-0.2, -0.15) is 0 Å². The number of benzene rings is 6. The largest absolute Gasteiger partial charge is 0.492 e. The van der Waals surface area contributed by atoms with Crippen LogP contribution in [0.2, 0.25) is 0 Å². The minimum Gasteiger partial charge on any atom is -0.492 e. The summed E-state index contributed by atoms with van der Waals surface area (Å²) in [5, 5.41) is 22.0. The van der Waals surface area contributed by atoms with Crippen molar-refractivity contribution in [2.45, 2.75) is 76.8 Å². The minimum atomic E-state index is -0.595. The zero-order valence-electron chi connectivity index (χ0n) is 37.7. The van der Waals surface area contributed by atoms with E-state index in [-0.39, 0.29) is 0 Å². The molecule has 0 atom stereocenters. The predicted octanol–water partition coefficient (Wildman–Crippen LogP) is 10.0. The molecule has 0 bridgehead atoms. The van der Waals surface area contributed by atoms with Crippen molar-refractivity contribution in [2.75, 3.05) is 52.5 Å². The lowest BCUT2D eigenvalue weighted by Gasteiger charge is -2.38. The zero-order chi connectivity index (χ0) is 44.5. The van der Waals surface area contributed by atoms with E-state index in [1.54, 1.807) is 0 Å². The van der Waals surface area contributed by atoms with Crippen LogP contribution < -0.4 is 18.9 Å². The third-order valence-corrected chi connectivity index (χ3v) is 12.4. The van der Waals surface area contributed by atoms with Crippen LogP contribution in [0.15, 0.2) is 158 Å². The van der Waals surface area contributed by atoms with E-state index >= 15 is 0 Å². The molecule has 8 nitrogen and oxygen atoms in total. The van der Waals surface area contributed by atoms with Crippen molar-refractivity contribution < 1.29 is 29.2 Å². The van der Waals surface area contributed by atoms with Crippen LogP contribution in [0.5, 0.6) is 23.0 Å². The highest BCUT2D eigenvalue weighted by atomic mass is 16.5. The van der Waals surface area contributed by atoms with Gasteiger partial charge in [-0.15, -0.1) is 0 Å². The first-order valence-electron chi connectivity index (χ1n) is 23.0. The molecule has 0 saturated carbocycles. The molecule has 336 valence electrons. The van der Waals surface area contributed by atoms with Crippen LogP contribution in [0.4, 0.5) is 0 Å². The molecular weight excluding hydrogens is 797 g/mol. The van der Waals surface area contributed by atoms with Crippen LogP contribution in [0.3, 0.4) is 0 Å². The van der Waals surface area contributed by atoms with Gasteiger partial charge in [-0.1, -0.05) is 120 Å². The van der Waals surface area contributed by atoms with Gasteiger partial charge in [-0.3, -0.25) is 9.80 Å². The van der Waals surface area contributed by atoms with E-state index in [4.69, 9.17) is 18.9 Å². The van der Waals surface area contributed by atoms with Gasteiger partial charge in [0.15, 0.2) is 0 Å². The average Bonchev–Trinajstić information content (AvgIpc) is 3.32. The predicted molar refractivity (Wildman–Crippen MR) is 256 cm³/mol. The second-order valence-electron chi connectivity index (χ2n) is 17.6. The van der Waals surface area contributed by atoms with Crippen LogP contribution in [0.1, 0.15) is 59.1 Å². The van der Waals surface area contributed by atoms with Crippen molar-refractivity contribution in [3.63, 3.8) is 0 Å². The lowest BCUT2D eigenvalue weighted by Crippen LogP contribution is -2.46. The Morgan fingerprint density at radius 1 is 0.391 bits per heavy atom. The molecule has 0 aromatic heterocycles. The molecule has 6 aromatic carbocycles. The highest BCUT2D eigenvalue weighted by molar-refractivity contribution is 5.33. The number of likely N-dealkylation sites (tertiary alicyclic amines) is 2. The van der Waals surface area contributed by atoms with E-state index in [1.165, 1.54) is 22.3 Å². The standard InChI is InChI=1S/2C28H33NO3/c2*1-23-7-9-24(10-8-23)21-28(30)15-17-29(18-16-28)19-20-31-26-11-13-27(14-12-26)32-22-25-5-3-2-4-6-25/h2*2-14,30H,15-22H2,1H3. The molecule has 2 saturated heterocycles. The number of aryl methyl sites for hydroxylation is 2. The third-order valence-electron chi connectivity index (χ3n) is 12.4. The van der Waals surface area contributed by atoms with Gasteiger partial charge < -0.3 is 29.2 Å². The summed E-state index contributed by atoms with van der Waals surface area (Å²) >= 11 is 0. The van der Waals surface area contributed by atoms with Crippen molar-refractivity contribution >= 4 is 0 Å². The van der Waals surface area contributed by atoms with E-state index in [1.807, 2.05) is 84.9 Å². The molecule has 2 fully saturated rings. The van der Waals surface area contributed by atoms with Gasteiger partial charge in [0.1, 0.15) is 49.4 Å². The molecule has 0 aliphatic carbocycles. The maximum absolute atomic E-state index is 11.0. The molecule has 2 N–H and O–H groups in total. The number of rotatable bonds is 18. The molecule has 2 heterocycles. The van der Waals surface area contributed by atoms with Crippen LogP contribution in [-0.4, -0.2) is 83.7 Å². The Morgan fingerprint density at radius 3 is 1.03 bits per heavy atom. The molecule has 0 spiro atoms. The Kier molecular flexibility index (Phi) is 16.9. The number of aliphatic hydroxyl groups is 2. The normalized spacial score (nSPS) is 15.9. The first-order chi connectivity index (χ1) is 31.2. The summed E-state index contributed by atoms with van der Waals surface area (Å²) in [7, 11) is 0. The van der Waals surface area contributed by atoms with Crippen LogP contribution in [0.25, 0.3) is 0 Å². The van der Waals surface area contributed by atoms with Gasteiger partial charge >= 0.3 is 0 Å². The summed E-state index contributed by atoms with van der Waals surface area (Å²) in [6.45, 7) is 11.9. The molecule has 64 heavy (non-hydrogen) atoms. The number of hydrogen-bond donors (Lipinski definition) is 2. The number of nitrogens with zero attached hydrogens (tertiary/aromatic N) is 2. The van der Waals surface area contributed by atoms with E-state index in [2.05, 4.69) is 96.4 Å². The molecule has 2 aliphatic rings. The fourth-order valence-corrected chi connectivity index (χ4v) is 8.24. The summed E-state index contributed by atoms with van der Waals surface area (Å²) in [4.78, 5) is 4.75. The monoisotopic (exact) mass is 862 g/mol. The zero-order valence-corrected chi connectivity index (χ0v) is 37.7. The van der Waals surface area contributed by atoms with Gasteiger partial charge in [0.05, 0.1) is 11.2 Å². The molecule has 6 aromatic rings. The molecular formula is C56H66N2O6. The summed E-state index contributed by atoms with van der Waals surface area (Å²) in [6, 6.07) is 52.9. The van der Waals surface area contributed by atoms with E-state index in [0.717, 1.165) is 112 Å². The second-order valence-corrected chi connectivity index (χ2v) is 17.6. The smallest absolute Gasteiger partial charge is 0.120 e. The van der Waals surface area contributed by atoms with Crippen molar-refractivity contribution in [3.05, 3.63) is 191 Å². The SMILES string of the molecule is Cc1ccc(CC2(O)CCN(CCOc3ccc(OCc4ccccc4)cc3)CC2)cc1.Cc1ccc(CC2(O)CCN(CCOc3ccc(OCc4ccccc4)cc3)CC2)cc1. The highest BCUT2D eigenvalue weighted by Gasteiger charge is 2.33.